The molecule has 1 aromatic carbocycles. The average Bonchev–Trinajstić information content (AvgIpc) is 2.71. The summed E-state index contributed by atoms with van der Waals surface area (Å²) in [4.78, 5) is 2.42. The van der Waals surface area contributed by atoms with Gasteiger partial charge in [0, 0.05) is 22.7 Å². The highest BCUT2D eigenvalue weighted by Gasteiger charge is 2.24. The lowest BCUT2D eigenvalue weighted by Gasteiger charge is -2.33. The number of hydrogen-bond acceptors (Lipinski definition) is 3. The van der Waals surface area contributed by atoms with Crippen LogP contribution in [0.25, 0.3) is 0 Å². The van der Waals surface area contributed by atoms with E-state index in [0.717, 1.165) is 28.7 Å². The number of benzene rings is 1. The first-order chi connectivity index (χ1) is 9.69. The Kier molecular flexibility index (Phi) is 5.29. The predicted molar refractivity (Wildman–Crippen MR) is 86.5 cm³/mol. The number of nitrogens with zero attached hydrogens (tertiary/aromatic N) is 2. The van der Waals surface area contributed by atoms with Crippen molar-refractivity contribution >= 4 is 27.5 Å². The second kappa shape index (κ2) is 6.97. The molecule has 1 aromatic rings. The van der Waals surface area contributed by atoms with Crippen molar-refractivity contribution in [3.05, 3.63) is 28.2 Å². The van der Waals surface area contributed by atoms with Crippen molar-refractivity contribution in [2.24, 2.45) is 10.9 Å². The Morgan fingerprint density at radius 2 is 2.25 bits per heavy atom. The number of halogens is 1. The second-order valence-corrected chi connectivity index (χ2v) is 6.08. The molecule has 0 spiro atoms. The number of rotatable bonds is 3. The molecule has 1 aliphatic rings. The molecule has 0 aliphatic carbocycles. The molecule has 4 nitrogen and oxygen atoms in total. The molecular weight excluding hydrogens is 318 g/mol. The largest absolute Gasteiger partial charge is 0.409 e. The van der Waals surface area contributed by atoms with Crippen molar-refractivity contribution in [3.8, 4) is 0 Å². The Morgan fingerprint density at radius 1 is 1.45 bits per heavy atom. The zero-order valence-electron chi connectivity index (χ0n) is 11.8. The summed E-state index contributed by atoms with van der Waals surface area (Å²) in [6.45, 7) is 3.25. The SMILES string of the molecule is CCC1CCCCCN1c1cccc(Br)c1/C(N)=N/O. The maximum Gasteiger partial charge on any atom is 0.173 e. The molecule has 0 amide bonds. The van der Waals surface area contributed by atoms with Crippen molar-refractivity contribution in [2.45, 2.75) is 45.1 Å². The molecule has 1 fully saturated rings. The minimum atomic E-state index is 0.159. The van der Waals surface area contributed by atoms with Gasteiger partial charge in [-0.15, -0.1) is 0 Å². The van der Waals surface area contributed by atoms with Gasteiger partial charge in [-0.05, 0) is 47.3 Å². The molecule has 110 valence electrons. The lowest BCUT2D eigenvalue weighted by atomic mass is 10.0. The van der Waals surface area contributed by atoms with Gasteiger partial charge in [0.05, 0.1) is 5.56 Å². The van der Waals surface area contributed by atoms with Gasteiger partial charge < -0.3 is 15.8 Å². The first-order valence-electron chi connectivity index (χ1n) is 7.22. The van der Waals surface area contributed by atoms with E-state index in [2.05, 4.69) is 39.0 Å². The van der Waals surface area contributed by atoms with E-state index >= 15 is 0 Å². The zero-order chi connectivity index (χ0) is 14.5. The molecular formula is C15H22BrN3O. The van der Waals surface area contributed by atoms with Gasteiger partial charge in [-0.3, -0.25) is 0 Å². The van der Waals surface area contributed by atoms with Crippen molar-refractivity contribution in [3.63, 3.8) is 0 Å². The van der Waals surface area contributed by atoms with E-state index in [-0.39, 0.29) is 5.84 Å². The summed E-state index contributed by atoms with van der Waals surface area (Å²) in [5.74, 6) is 0.159. The molecule has 1 atom stereocenters. The maximum atomic E-state index is 9.04. The third-order valence-electron chi connectivity index (χ3n) is 4.01. The Labute approximate surface area is 128 Å². The third-order valence-corrected chi connectivity index (χ3v) is 4.67. The fourth-order valence-electron chi connectivity index (χ4n) is 2.97. The van der Waals surface area contributed by atoms with Gasteiger partial charge >= 0.3 is 0 Å². The fraction of sp³-hybridized carbons (Fsp3) is 0.533. The maximum absolute atomic E-state index is 9.04. The molecule has 0 radical (unpaired) electrons. The van der Waals surface area contributed by atoms with Gasteiger partial charge in [0.2, 0.25) is 0 Å². The van der Waals surface area contributed by atoms with E-state index in [1.165, 1.54) is 25.7 Å². The van der Waals surface area contributed by atoms with Crippen LogP contribution >= 0.6 is 15.9 Å². The number of anilines is 1. The van der Waals surface area contributed by atoms with Crippen LogP contribution in [0.4, 0.5) is 5.69 Å². The lowest BCUT2D eigenvalue weighted by Crippen LogP contribution is -2.36. The molecule has 0 aromatic heterocycles. The molecule has 2 rings (SSSR count). The van der Waals surface area contributed by atoms with E-state index in [1.54, 1.807) is 0 Å². The van der Waals surface area contributed by atoms with Crippen LogP contribution in [0.3, 0.4) is 0 Å². The monoisotopic (exact) mass is 339 g/mol. The summed E-state index contributed by atoms with van der Waals surface area (Å²) in [6, 6.07) is 6.52. The highest BCUT2D eigenvalue weighted by atomic mass is 79.9. The molecule has 20 heavy (non-hydrogen) atoms. The van der Waals surface area contributed by atoms with E-state index < -0.39 is 0 Å². The molecule has 3 N–H and O–H groups in total. The summed E-state index contributed by atoms with van der Waals surface area (Å²) in [6.07, 6.45) is 6.07. The molecule has 0 saturated carbocycles. The van der Waals surface area contributed by atoms with Crippen LogP contribution in [-0.2, 0) is 0 Å². The fourth-order valence-corrected chi connectivity index (χ4v) is 3.53. The normalized spacial score (nSPS) is 20.8. The van der Waals surface area contributed by atoms with E-state index in [1.807, 2.05) is 12.1 Å². The summed E-state index contributed by atoms with van der Waals surface area (Å²) >= 11 is 3.52. The van der Waals surface area contributed by atoms with Gasteiger partial charge in [0.1, 0.15) is 0 Å². The number of nitrogens with two attached hydrogens (primary N) is 1. The summed E-state index contributed by atoms with van der Waals surface area (Å²) in [5, 5.41) is 12.2. The Hall–Kier alpha value is -1.23. The highest BCUT2D eigenvalue weighted by molar-refractivity contribution is 9.10. The predicted octanol–water partition coefficient (Wildman–Crippen LogP) is 3.70. The topological polar surface area (TPSA) is 61.8 Å². The van der Waals surface area contributed by atoms with Gasteiger partial charge in [-0.1, -0.05) is 31.0 Å². The van der Waals surface area contributed by atoms with Crippen LogP contribution in [0.15, 0.2) is 27.8 Å². The van der Waals surface area contributed by atoms with Gasteiger partial charge in [-0.25, -0.2) is 0 Å². The minimum absolute atomic E-state index is 0.159. The third kappa shape index (κ3) is 3.08. The van der Waals surface area contributed by atoms with Crippen LogP contribution in [0.2, 0.25) is 0 Å². The van der Waals surface area contributed by atoms with Crippen molar-refractivity contribution < 1.29 is 5.21 Å². The molecule has 1 heterocycles. The van der Waals surface area contributed by atoms with Gasteiger partial charge in [0.15, 0.2) is 5.84 Å². The number of oxime groups is 1. The number of hydrogen-bond donors (Lipinski definition) is 2. The first-order valence-corrected chi connectivity index (χ1v) is 8.01. The summed E-state index contributed by atoms with van der Waals surface area (Å²) in [5.41, 5.74) is 7.72. The standard InChI is InChI=1S/C15H22BrN3O/c1-2-11-7-4-3-5-10-19(11)13-9-6-8-12(16)14(13)15(17)18-20/h6,8-9,11,20H,2-5,7,10H2,1H3,(H2,17,18). The average molecular weight is 340 g/mol. The van der Waals surface area contributed by atoms with Crippen LogP contribution in [0.1, 0.15) is 44.6 Å². The molecule has 0 bridgehead atoms. The molecule has 5 heteroatoms. The first kappa shape index (κ1) is 15.2. The second-order valence-electron chi connectivity index (χ2n) is 5.22. The smallest absolute Gasteiger partial charge is 0.173 e. The highest BCUT2D eigenvalue weighted by Crippen LogP contribution is 2.32. The molecule has 1 saturated heterocycles. The number of amidine groups is 1. The van der Waals surface area contributed by atoms with Crippen LogP contribution in [0.5, 0.6) is 0 Å². The van der Waals surface area contributed by atoms with E-state index in [9.17, 15) is 0 Å². The van der Waals surface area contributed by atoms with Gasteiger partial charge in [0.25, 0.3) is 0 Å². The van der Waals surface area contributed by atoms with Crippen LogP contribution < -0.4 is 10.6 Å². The van der Waals surface area contributed by atoms with Crippen molar-refractivity contribution in [1.82, 2.24) is 0 Å². The van der Waals surface area contributed by atoms with Gasteiger partial charge in [-0.2, -0.15) is 0 Å². The molecule has 1 aliphatic heterocycles. The zero-order valence-corrected chi connectivity index (χ0v) is 13.4. The quantitative estimate of drug-likeness (QED) is 0.382. The minimum Gasteiger partial charge on any atom is -0.409 e. The Balaban J connectivity index is 2.47. The van der Waals surface area contributed by atoms with E-state index in [4.69, 9.17) is 10.9 Å². The van der Waals surface area contributed by atoms with Crippen LogP contribution in [-0.4, -0.2) is 23.6 Å². The lowest BCUT2D eigenvalue weighted by molar-refractivity contribution is 0.318. The molecule has 1 unspecified atom stereocenters. The summed E-state index contributed by atoms with van der Waals surface area (Å²) < 4.78 is 0.865. The Morgan fingerprint density at radius 3 is 2.95 bits per heavy atom. The van der Waals surface area contributed by atoms with Crippen molar-refractivity contribution in [2.75, 3.05) is 11.4 Å². The summed E-state index contributed by atoms with van der Waals surface area (Å²) in [7, 11) is 0. The van der Waals surface area contributed by atoms with E-state index in [0.29, 0.717) is 6.04 Å². The Bertz CT molecular complexity index is 490. The van der Waals surface area contributed by atoms with Crippen LogP contribution in [0, 0.1) is 0 Å². The van der Waals surface area contributed by atoms with Crippen molar-refractivity contribution in [1.29, 1.82) is 0 Å².